The predicted molar refractivity (Wildman–Crippen MR) is 201 cm³/mol. The quantitative estimate of drug-likeness (QED) is 0.187. The van der Waals surface area contributed by atoms with E-state index in [2.05, 4.69) is 193 Å². The van der Waals surface area contributed by atoms with E-state index in [0.717, 1.165) is 0 Å². The first kappa shape index (κ1) is 27.0. The average Bonchev–Trinajstić information content (AvgIpc) is 3.67. The molecule has 0 saturated heterocycles. The van der Waals surface area contributed by atoms with E-state index in [9.17, 15) is 0 Å². The van der Waals surface area contributed by atoms with Crippen LogP contribution in [0.5, 0.6) is 0 Å². The Balaban J connectivity index is 1.34. The standard InChI is InChI=1S/C47H31N/c1-4-14-32(15-5-1)34-26-28-38-41-29-25-33-24-27-37(48-44-22-12-10-20-39(44)40-21-11-13-23-45(40)48)31-42(33)46(41)47(43(38)30-34,35-16-6-2-7-17-35)36-18-8-3-9-19-36/h1-31H. The zero-order valence-corrected chi connectivity index (χ0v) is 26.3. The van der Waals surface area contributed by atoms with E-state index in [1.165, 1.54) is 82.8 Å². The van der Waals surface area contributed by atoms with Crippen LogP contribution in [0.1, 0.15) is 22.3 Å². The maximum Gasteiger partial charge on any atom is 0.0719 e. The van der Waals surface area contributed by atoms with E-state index in [-0.39, 0.29) is 0 Å². The molecule has 9 aromatic rings. The van der Waals surface area contributed by atoms with Crippen molar-refractivity contribution >= 4 is 32.6 Å². The molecule has 0 fully saturated rings. The van der Waals surface area contributed by atoms with Gasteiger partial charge in [-0.15, -0.1) is 0 Å². The number of para-hydroxylation sites is 2. The highest BCUT2D eigenvalue weighted by atomic mass is 15.0. The van der Waals surface area contributed by atoms with Gasteiger partial charge in [0.1, 0.15) is 0 Å². The number of aromatic nitrogens is 1. The summed E-state index contributed by atoms with van der Waals surface area (Å²) in [5.41, 5.74) is 13.4. The summed E-state index contributed by atoms with van der Waals surface area (Å²) < 4.78 is 2.44. The minimum atomic E-state index is -0.517. The Morgan fingerprint density at radius 1 is 0.375 bits per heavy atom. The number of nitrogens with zero attached hydrogens (tertiary/aromatic N) is 1. The van der Waals surface area contributed by atoms with Gasteiger partial charge in [0.25, 0.3) is 0 Å². The normalized spacial score (nSPS) is 13.2. The van der Waals surface area contributed by atoms with Crippen LogP contribution >= 0.6 is 0 Å². The van der Waals surface area contributed by atoms with Gasteiger partial charge in [-0.2, -0.15) is 0 Å². The Hall–Kier alpha value is -6.18. The molecule has 0 unspecified atom stereocenters. The molecule has 1 nitrogen and oxygen atoms in total. The summed E-state index contributed by atoms with van der Waals surface area (Å²) in [5.74, 6) is 0. The van der Waals surface area contributed by atoms with Gasteiger partial charge in [-0.05, 0) is 85.6 Å². The maximum absolute atomic E-state index is 2.45. The monoisotopic (exact) mass is 609 g/mol. The van der Waals surface area contributed by atoms with Crippen molar-refractivity contribution in [2.24, 2.45) is 0 Å². The lowest BCUT2D eigenvalue weighted by Gasteiger charge is -2.35. The van der Waals surface area contributed by atoms with Crippen molar-refractivity contribution in [3.8, 4) is 27.9 Å². The molecule has 224 valence electrons. The fourth-order valence-electron chi connectivity index (χ4n) is 8.45. The second-order valence-electron chi connectivity index (χ2n) is 12.9. The largest absolute Gasteiger partial charge is 0.309 e. The summed E-state index contributed by atoms with van der Waals surface area (Å²) in [4.78, 5) is 0. The van der Waals surface area contributed by atoms with Gasteiger partial charge >= 0.3 is 0 Å². The molecule has 0 atom stereocenters. The van der Waals surface area contributed by atoms with Gasteiger partial charge in [-0.3, -0.25) is 0 Å². The van der Waals surface area contributed by atoms with E-state index < -0.39 is 5.41 Å². The van der Waals surface area contributed by atoms with Crippen molar-refractivity contribution in [3.05, 3.63) is 210 Å². The minimum Gasteiger partial charge on any atom is -0.309 e. The van der Waals surface area contributed by atoms with Crippen LogP contribution < -0.4 is 0 Å². The zero-order valence-electron chi connectivity index (χ0n) is 26.3. The van der Waals surface area contributed by atoms with E-state index >= 15 is 0 Å². The molecule has 0 bridgehead atoms. The lowest BCUT2D eigenvalue weighted by atomic mass is 9.66. The topological polar surface area (TPSA) is 4.93 Å². The van der Waals surface area contributed by atoms with Gasteiger partial charge in [0.05, 0.1) is 16.4 Å². The molecule has 1 aromatic heterocycles. The zero-order chi connectivity index (χ0) is 31.7. The van der Waals surface area contributed by atoms with Crippen molar-refractivity contribution in [1.29, 1.82) is 0 Å². The summed E-state index contributed by atoms with van der Waals surface area (Å²) in [6.07, 6.45) is 0. The van der Waals surface area contributed by atoms with E-state index in [1.54, 1.807) is 0 Å². The van der Waals surface area contributed by atoms with E-state index in [4.69, 9.17) is 0 Å². The first-order chi connectivity index (χ1) is 23.8. The van der Waals surface area contributed by atoms with E-state index in [0.29, 0.717) is 0 Å². The number of hydrogen-bond acceptors (Lipinski definition) is 0. The molecule has 0 saturated carbocycles. The molecule has 1 heteroatoms. The SMILES string of the molecule is c1ccc(-c2ccc3c(c2)C(c2ccccc2)(c2ccccc2)c2c-3ccc3ccc(-n4c5ccccc5c5ccccc54)cc23)cc1. The fourth-order valence-corrected chi connectivity index (χ4v) is 8.45. The molecular weight excluding hydrogens is 579 g/mol. The summed E-state index contributed by atoms with van der Waals surface area (Å²) in [6, 6.07) is 69.4. The number of hydrogen-bond donors (Lipinski definition) is 0. The molecule has 10 rings (SSSR count). The number of rotatable bonds is 4. The van der Waals surface area contributed by atoms with Crippen molar-refractivity contribution in [3.63, 3.8) is 0 Å². The molecule has 0 amide bonds. The molecule has 1 aliphatic rings. The molecule has 0 aliphatic heterocycles. The van der Waals surface area contributed by atoms with Crippen LogP contribution in [0.25, 0.3) is 60.5 Å². The Morgan fingerprint density at radius 3 is 1.56 bits per heavy atom. The molecule has 0 spiro atoms. The van der Waals surface area contributed by atoms with E-state index in [1.807, 2.05) is 0 Å². The molecule has 0 N–H and O–H groups in total. The Labute approximate surface area is 280 Å². The molecular formula is C47H31N. The van der Waals surface area contributed by atoms with Crippen LogP contribution in [0.4, 0.5) is 0 Å². The lowest BCUT2D eigenvalue weighted by Crippen LogP contribution is -2.29. The molecule has 1 aliphatic carbocycles. The maximum atomic E-state index is 2.45. The molecule has 8 aromatic carbocycles. The lowest BCUT2D eigenvalue weighted by molar-refractivity contribution is 0.775. The van der Waals surface area contributed by atoms with Crippen LogP contribution in [0.15, 0.2) is 188 Å². The number of benzene rings is 8. The van der Waals surface area contributed by atoms with Crippen molar-refractivity contribution in [1.82, 2.24) is 4.57 Å². The molecule has 0 radical (unpaired) electrons. The van der Waals surface area contributed by atoms with Crippen LogP contribution in [0.3, 0.4) is 0 Å². The van der Waals surface area contributed by atoms with Gasteiger partial charge < -0.3 is 4.57 Å². The summed E-state index contributed by atoms with van der Waals surface area (Å²) in [7, 11) is 0. The smallest absolute Gasteiger partial charge is 0.0719 e. The molecule has 48 heavy (non-hydrogen) atoms. The summed E-state index contributed by atoms with van der Waals surface area (Å²) >= 11 is 0. The number of fused-ring (bicyclic) bond motifs is 8. The third-order valence-corrected chi connectivity index (χ3v) is 10.5. The summed E-state index contributed by atoms with van der Waals surface area (Å²) in [6.45, 7) is 0. The van der Waals surface area contributed by atoms with Crippen molar-refractivity contribution < 1.29 is 0 Å². The van der Waals surface area contributed by atoms with Crippen LogP contribution in [-0.2, 0) is 5.41 Å². The van der Waals surface area contributed by atoms with Gasteiger partial charge in [0.2, 0.25) is 0 Å². The van der Waals surface area contributed by atoms with Gasteiger partial charge in [-0.1, -0.05) is 158 Å². The van der Waals surface area contributed by atoms with Crippen molar-refractivity contribution in [2.75, 3.05) is 0 Å². The highest BCUT2D eigenvalue weighted by Crippen LogP contribution is 2.58. The first-order valence-electron chi connectivity index (χ1n) is 16.7. The van der Waals surface area contributed by atoms with Gasteiger partial charge in [-0.25, -0.2) is 0 Å². The highest BCUT2D eigenvalue weighted by molar-refractivity contribution is 6.10. The van der Waals surface area contributed by atoms with Gasteiger partial charge in [0, 0.05) is 16.5 Å². The Bertz CT molecular complexity index is 2550. The third-order valence-electron chi connectivity index (χ3n) is 10.5. The highest BCUT2D eigenvalue weighted by Gasteiger charge is 2.47. The predicted octanol–water partition coefficient (Wildman–Crippen LogP) is 12.0. The van der Waals surface area contributed by atoms with Crippen LogP contribution in [0, 0.1) is 0 Å². The third kappa shape index (κ3) is 3.73. The fraction of sp³-hybridized carbons (Fsp3) is 0.0213. The average molecular weight is 610 g/mol. The van der Waals surface area contributed by atoms with Crippen LogP contribution in [-0.4, -0.2) is 4.57 Å². The Kier molecular flexibility index (Phi) is 5.86. The second kappa shape index (κ2) is 10.4. The van der Waals surface area contributed by atoms with Gasteiger partial charge in [0.15, 0.2) is 0 Å². The van der Waals surface area contributed by atoms with Crippen LogP contribution in [0.2, 0.25) is 0 Å². The van der Waals surface area contributed by atoms with Crippen molar-refractivity contribution in [2.45, 2.75) is 5.41 Å². The molecule has 1 heterocycles. The first-order valence-corrected chi connectivity index (χ1v) is 16.7. The summed E-state index contributed by atoms with van der Waals surface area (Å²) in [5, 5.41) is 5.06. The minimum absolute atomic E-state index is 0.517. The second-order valence-corrected chi connectivity index (χ2v) is 12.9. The Morgan fingerprint density at radius 2 is 0.917 bits per heavy atom.